The van der Waals surface area contributed by atoms with E-state index in [0.717, 1.165) is 38.0 Å². The summed E-state index contributed by atoms with van der Waals surface area (Å²) in [6.07, 6.45) is 6.09. The summed E-state index contributed by atoms with van der Waals surface area (Å²) < 4.78 is 12.4. The molecule has 1 aliphatic heterocycles. The summed E-state index contributed by atoms with van der Waals surface area (Å²) in [5.74, 6) is 0.900. The van der Waals surface area contributed by atoms with Gasteiger partial charge in [0.05, 0.1) is 6.67 Å². The lowest BCUT2D eigenvalue weighted by Gasteiger charge is -2.18. The third-order valence-electron chi connectivity index (χ3n) is 5.76. The number of halogens is 1. The Morgan fingerprint density at radius 3 is 2.73 bits per heavy atom. The third-order valence-corrected chi connectivity index (χ3v) is 5.76. The van der Waals surface area contributed by atoms with Gasteiger partial charge in [-0.2, -0.15) is 0 Å². The first kappa shape index (κ1) is 17.3. The molecule has 1 heterocycles. The molecule has 0 spiro atoms. The second-order valence-electron chi connectivity index (χ2n) is 7.50. The van der Waals surface area contributed by atoms with Crippen LogP contribution in [0.25, 0.3) is 11.6 Å². The molecule has 0 radical (unpaired) electrons. The zero-order chi connectivity index (χ0) is 17.9. The lowest BCUT2D eigenvalue weighted by atomic mass is 9.87. The molecule has 0 aromatic heterocycles. The molecule has 1 saturated heterocycles. The molecule has 136 valence electrons. The summed E-state index contributed by atoms with van der Waals surface area (Å²) in [5.41, 5.74) is 6.45. The molecular formula is C23H26FNO. The number of nitrogens with zero attached hydrogens (tertiary/aromatic N) is 1. The van der Waals surface area contributed by atoms with Gasteiger partial charge >= 0.3 is 0 Å². The first-order chi connectivity index (χ1) is 12.7. The molecule has 1 fully saturated rings. The first-order valence-corrected chi connectivity index (χ1v) is 9.64. The predicted molar refractivity (Wildman–Crippen MR) is 105 cm³/mol. The number of rotatable bonds is 5. The lowest BCUT2D eigenvalue weighted by molar-refractivity contribution is 0.309. The van der Waals surface area contributed by atoms with E-state index in [4.69, 9.17) is 0 Å². The zero-order valence-electron chi connectivity index (χ0n) is 15.1. The number of phenolic OH excluding ortho intramolecular Hbond substituents is 1. The van der Waals surface area contributed by atoms with E-state index in [1.54, 1.807) is 6.07 Å². The van der Waals surface area contributed by atoms with Crippen LogP contribution in [-0.2, 0) is 6.42 Å². The molecule has 3 heteroatoms. The van der Waals surface area contributed by atoms with Crippen LogP contribution in [0.3, 0.4) is 0 Å². The van der Waals surface area contributed by atoms with Crippen molar-refractivity contribution in [2.45, 2.75) is 31.6 Å². The van der Waals surface area contributed by atoms with Crippen molar-refractivity contribution in [2.24, 2.45) is 0 Å². The van der Waals surface area contributed by atoms with E-state index in [-0.39, 0.29) is 6.67 Å². The van der Waals surface area contributed by atoms with E-state index in [9.17, 15) is 9.50 Å². The minimum Gasteiger partial charge on any atom is -0.508 e. The minimum atomic E-state index is -0.216. The Labute approximate surface area is 155 Å². The maximum atomic E-state index is 12.4. The van der Waals surface area contributed by atoms with E-state index in [1.807, 2.05) is 12.1 Å². The normalized spacial score (nSPS) is 20.0. The Morgan fingerprint density at radius 2 is 1.92 bits per heavy atom. The largest absolute Gasteiger partial charge is 0.508 e. The maximum absolute atomic E-state index is 12.4. The van der Waals surface area contributed by atoms with Crippen LogP contribution in [0, 0.1) is 0 Å². The highest BCUT2D eigenvalue weighted by molar-refractivity contribution is 5.84. The minimum absolute atomic E-state index is 0.216. The van der Waals surface area contributed by atoms with Gasteiger partial charge in [0.2, 0.25) is 0 Å². The Morgan fingerprint density at radius 1 is 1.08 bits per heavy atom. The molecule has 2 aromatic rings. The van der Waals surface area contributed by atoms with Crippen molar-refractivity contribution in [2.75, 3.05) is 26.3 Å². The average molecular weight is 351 g/mol. The topological polar surface area (TPSA) is 23.5 Å². The van der Waals surface area contributed by atoms with Crippen molar-refractivity contribution in [1.29, 1.82) is 0 Å². The molecule has 0 amide bonds. The average Bonchev–Trinajstić information content (AvgIpc) is 3.15. The van der Waals surface area contributed by atoms with Gasteiger partial charge in [-0.25, -0.2) is 0 Å². The van der Waals surface area contributed by atoms with Crippen LogP contribution < -0.4 is 0 Å². The van der Waals surface area contributed by atoms with E-state index >= 15 is 0 Å². The SMILES string of the molecule is Oc1ccc2c(c1)C=C(c1ccc([C@@H]3CCN(CCCF)C3)cc1)CC2. The van der Waals surface area contributed by atoms with Crippen molar-refractivity contribution < 1.29 is 9.50 Å². The molecule has 0 unspecified atom stereocenters. The maximum Gasteiger partial charge on any atom is 0.116 e. The molecule has 4 rings (SSSR count). The molecule has 26 heavy (non-hydrogen) atoms. The fourth-order valence-corrected chi connectivity index (χ4v) is 4.26. The Balaban J connectivity index is 1.47. The van der Waals surface area contributed by atoms with Crippen LogP contribution in [0.1, 0.15) is 47.4 Å². The van der Waals surface area contributed by atoms with Crippen LogP contribution >= 0.6 is 0 Å². The lowest BCUT2D eigenvalue weighted by Crippen LogP contribution is -2.21. The molecule has 2 aliphatic rings. The fraction of sp³-hybridized carbons (Fsp3) is 0.391. The van der Waals surface area contributed by atoms with E-state index in [0.29, 0.717) is 18.1 Å². The predicted octanol–water partition coefficient (Wildman–Crippen LogP) is 5.03. The van der Waals surface area contributed by atoms with Crippen molar-refractivity contribution in [1.82, 2.24) is 4.90 Å². The molecule has 1 aliphatic carbocycles. The van der Waals surface area contributed by atoms with Crippen LogP contribution in [0.2, 0.25) is 0 Å². The molecule has 2 aromatic carbocycles. The summed E-state index contributed by atoms with van der Waals surface area (Å²) in [6.45, 7) is 2.79. The second-order valence-corrected chi connectivity index (χ2v) is 7.50. The summed E-state index contributed by atoms with van der Waals surface area (Å²) in [4.78, 5) is 2.38. The summed E-state index contributed by atoms with van der Waals surface area (Å²) in [7, 11) is 0. The highest BCUT2D eigenvalue weighted by Crippen LogP contribution is 2.33. The molecule has 0 saturated carbocycles. The van der Waals surface area contributed by atoms with Crippen LogP contribution in [0.4, 0.5) is 4.39 Å². The monoisotopic (exact) mass is 351 g/mol. The summed E-state index contributed by atoms with van der Waals surface area (Å²) in [5, 5.41) is 9.72. The Hall–Kier alpha value is -2.13. The Bertz CT molecular complexity index is 796. The van der Waals surface area contributed by atoms with Gasteiger partial charge in [0.25, 0.3) is 0 Å². The molecule has 2 nitrogen and oxygen atoms in total. The van der Waals surface area contributed by atoms with E-state index < -0.39 is 0 Å². The van der Waals surface area contributed by atoms with Crippen molar-refractivity contribution in [3.8, 4) is 5.75 Å². The fourth-order valence-electron chi connectivity index (χ4n) is 4.26. The highest BCUT2D eigenvalue weighted by atomic mass is 19.1. The summed E-state index contributed by atoms with van der Waals surface area (Å²) >= 11 is 0. The number of alkyl halides is 1. The standard InChI is InChI=1S/C23H26FNO/c24-11-1-12-25-13-10-21(16-25)18-4-2-17(3-5-18)20-7-6-19-8-9-23(26)15-22(19)14-20/h2-5,8-9,14-15,21,26H,1,6-7,10-13,16H2/t21-/m1/s1. The van der Waals surface area contributed by atoms with Crippen LogP contribution in [0.15, 0.2) is 42.5 Å². The number of hydrogen-bond donors (Lipinski definition) is 1. The number of allylic oxidation sites excluding steroid dienone is 1. The van der Waals surface area contributed by atoms with E-state index in [1.165, 1.54) is 28.7 Å². The van der Waals surface area contributed by atoms with Gasteiger partial charge in [0.1, 0.15) is 5.75 Å². The number of hydrogen-bond acceptors (Lipinski definition) is 2. The molecule has 1 atom stereocenters. The van der Waals surface area contributed by atoms with Gasteiger partial charge < -0.3 is 10.0 Å². The second kappa shape index (κ2) is 7.63. The Kier molecular flexibility index (Phi) is 5.07. The number of benzene rings is 2. The third kappa shape index (κ3) is 3.68. The summed E-state index contributed by atoms with van der Waals surface area (Å²) in [6, 6.07) is 14.6. The number of aryl methyl sites for hydroxylation is 1. The van der Waals surface area contributed by atoms with Gasteiger partial charge in [0.15, 0.2) is 0 Å². The smallest absolute Gasteiger partial charge is 0.116 e. The number of fused-ring (bicyclic) bond motifs is 1. The van der Waals surface area contributed by atoms with Gasteiger partial charge in [-0.15, -0.1) is 0 Å². The quantitative estimate of drug-likeness (QED) is 0.817. The number of phenols is 1. The molecule has 0 bridgehead atoms. The highest BCUT2D eigenvalue weighted by Gasteiger charge is 2.23. The van der Waals surface area contributed by atoms with E-state index in [2.05, 4.69) is 35.2 Å². The van der Waals surface area contributed by atoms with Crippen molar-refractivity contribution in [3.05, 3.63) is 64.7 Å². The zero-order valence-corrected chi connectivity index (χ0v) is 15.1. The van der Waals surface area contributed by atoms with Crippen LogP contribution in [-0.4, -0.2) is 36.3 Å². The first-order valence-electron chi connectivity index (χ1n) is 9.64. The van der Waals surface area contributed by atoms with Crippen molar-refractivity contribution in [3.63, 3.8) is 0 Å². The van der Waals surface area contributed by atoms with Gasteiger partial charge in [-0.1, -0.05) is 36.4 Å². The molecular weight excluding hydrogens is 325 g/mol. The van der Waals surface area contributed by atoms with Crippen LogP contribution in [0.5, 0.6) is 5.75 Å². The van der Waals surface area contributed by atoms with Gasteiger partial charge in [0, 0.05) is 13.1 Å². The van der Waals surface area contributed by atoms with Gasteiger partial charge in [-0.3, -0.25) is 4.39 Å². The van der Waals surface area contributed by atoms with Crippen molar-refractivity contribution >= 4 is 11.6 Å². The van der Waals surface area contributed by atoms with Gasteiger partial charge in [-0.05, 0) is 78.1 Å². The molecule has 1 N–H and O–H groups in total. The number of aromatic hydroxyl groups is 1. The number of likely N-dealkylation sites (tertiary alicyclic amines) is 1.